The highest BCUT2D eigenvalue weighted by Crippen LogP contribution is 2.31. The van der Waals surface area contributed by atoms with Crippen LogP contribution in [0.1, 0.15) is 73.1 Å². The molecule has 2 fully saturated rings. The Morgan fingerprint density at radius 3 is 2.55 bits per heavy atom. The summed E-state index contributed by atoms with van der Waals surface area (Å²) in [6.45, 7) is 6.29. The zero-order valence-electron chi connectivity index (χ0n) is 17.2. The molecule has 0 radical (unpaired) electrons. The summed E-state index contributed by atoms with van der Waals surface area (Å²) in [5.41, 5.74) is 4.08. The number of nitrogens with one attached hydrogen (secondary N) is 2. The monoisotopic (exact) mass is 393 g/mol. The van der Waals surface area contributed by atoms with Crippen molar-refractivity contribution in [3.63, 3.8) is 0 Å². The van der Waals surface area contributed by atoms with Crippen LogP contribution in [0.3, 0.4) is 0 Å². The van der Waals surface area contributed by atoms with Crippen LogP contribution in [-0.2, 0) is 0 Å². The van der Waals surface area contributed by atoms with E-state index in [1.807, 2.05) is 4.68 Å². The van der Waals surface area contributed by atoms with Gasteiger partial charge >= 0.3 is 0 Å². The molecule has 1 saturated carbocycles. The minimum absolute atomic E-state index is 0.0221. The van der Waals surface area contributed by atoms with Crippen LogP contribution in [0.15, 0.2) is 23.0 Å². The fourth-order valence-corrected chi connectivity index (χ4v) is 5.17. The van der Waals surface area contributed by atoms with Gasteiger partial charge in [0, 0.05) is 18.4 Å². The van der Waals surface area contributed by atoms with E-state index in [-0.39, 0.29) is 11.6 Å². The summed E-state index contributed by atoms with van der Waals surface area (Å²) in [5.74, 6) is 0.850. The van der Waals surface area contributed by atoms with Crippen molar-refractivity contribution in [3.8, 4) is 0 Å². The van der Waals surface area contributed by atoms with Crippen LogP contribution < -0.4 is 10.5 Å². The first-order valence-corrected chi connectivity index (χ1v) is 10.9. The molecule has 1 saturated heterocycles. The van der Waals surface area contributed by atoms with Crippen LogP contribution >= 0.6 is 0 Å². The number of likely N-dealkylation sites (tertiary alicyclic amines) is 1. The molecule has 152 valence electrons. The van der Waals surface area contributed by atoms with Crippen molar-refractivity contribution in [1.29, 1.82) is 0 Å². The average Bonchev–Trinajstić information content (AvgIpc) is 3.46. The number of hydrogen-bond donors (Lipinski definition) is 2. The molecular formula is C22H29N6O+. The van der Waals surface area contributed by atoms with Crippen molar-refractivity contribution < 1.29 is 4.90 Å². The lowest BCUT2D eigenvalue weighted by atomic mass is 10.0. The zero-order valence-corrected chi connectivity index (χ0v) is 17.2. The van der Waals surface area contributed by atoms with E-state index >= 15 is 0 Å². The quantitative estimate of drug-likeness (QED) is 0.711. The molecule has 7 heteroatoms. The molecule has 1 atom stereocenters. The number of aromatic amines is 1. The van der Waals surface area contributed by atoms with E-state index in [1.54, 1.807) is 0 Å². The SMILES string of the molecule is Cc1cc2cc([C@@H](c3nnnn3C3CCCC3)[NH+]3CCCC3)c(=O)[nH]c2cc1C. The van der Waals surface area contributed by atoms with Gasteiger partial charge in [0.05, 0.1) is 24.7 Å². The molecule has 2 N–H and O–H groups in total. The third kappa shape index (κ3) is 3.27. The topological polar surface area (TPSA) is 80.9 Å². The number of benzene rings is 1. The normalized spacial score (nSPS) is 19.4. The highest BCUT2D eigenvalue weighted by Gasteiger charge is 2.37. The molecule has 2 aliphatic rings. The predicted octanol–water partition coefficient (Wildman–Crippen LogP) is 2.01. The van der Waals surface area contributed by atoms with E-state index in [4.69, 9.17) is 0 Å². The number of quaternary nitrogens is 1. The summed E-state index contributed by atoms with van der Waals surface area (Å²) in [5, 5.41) is 13.9. The third-order valence-corrected chi connectivity index (χ3v) is 6.90. The van der Waals surface area contributed by atoms with Crippen LogP contribution in [-0.4, -0.2) is 38.3 Å². The molecule has 3 heterocycles. The maximum absolute atomic E-state index is 13.2. The minimum Gasteiger partial charge on any atom is -0.322 e. The zero-order chi connectivity index (χ0) is 20.0. The second-order valence-electron chi connectivity index (χ2n) is 8.80. The van der Waals surface area contributed by atoms with Gasteiger partial charge in [-0.25, -0.2) is 4.68 Å². The van der Waals surface area contributed by atoms with Crippen molar-refractivity contribution in [2.24, 2.45) is 0 Å². The van der Waals surface area contributed by atoms with Crippen LogP contribution in [0.2, 0.25) is 0 Å². The van der Waals surface area contributed by atoms with E-state index in [1.165, 1.54) is 41.7 Å². The van der Waals surface area contributed by atoms with Crippen LogP contribution in [0.25, 0.3) is 10.9 Å². The predicted molar refractivity (Wildman–Crippen MR) is 111 cm³/mol. The summed E-state index contributed by atoms with van der Waals surface area (Å²) < 4.78 is 2.02. The van der Waals surface area contributed by atoms with Crippen molar-refractivity contribution >= 4 is 10.9 Å². The number of pyridine rings is 1. The Kier molecular flexibility index (Phi) is 4.70. The maximum Gasteiger partial charge on any atom is 0.258 e. The fourth-order valence-electron chi connectivity index (χ4n) is 5.17. The number of rotatable bonds is 4. The number of hydrogen-bond acceptors (Lipinski definition) is 4. The number of aryl methyl sites for hydroxylation is 2. The van der Waals surface area contributed by atoms with Crippen LogP contribution in [0.5, 0.6) is 0 Å². The van der Waals surface area contributed by atoms with Crippen molar-refractivity contribution in [1.82, 2.24) is 25.2 Å². The molecule has 29 heavy (non-hydrogen) atoms. The highest BCUT2D eigenvalue weighted by molar-refractivity contribution is 5.80. The summed E-state index contributed by atoms with van der Waals surface area (Å²) in [6.07, 6.45) is 7.04. The van der Waals surface area contributed by atoms with Gasteiger partial charge in [0.25, 0.3) is 5.56 Å². The Morgan fingerprint density at radius 2 is 1.79 bits per heavy atom. The van der Waals surface area contributed by atoms with E-state index in [9.17, 15) is 4.79 Å². The Bertz CT molecular complexity index is 1090. The Labute approximate surface area is 170 Å². The third-order valence-electron chi connectivity index (χ3n) is 6.90. The van der Waals surface area contributed by atoms with Crippen LogP contribution in [0, 0.1) is 13.8 Å². The van der Waals surface area contributed by atoms with Gasteiger partial charge in [-0.1, -0.05) is 12.8 Å². The van der Waals surface area contributed by atoms with Gasteiger partial charge in [-0.2, -0.15) is 0 Å². The number of aromatic nitrogens is 5. The number of nitrogens with zero attached hydrogens (tertiary/aromatic N) is 4. The van der Waals surface area contributed by atoms with Gasteiger partial charge in [0.2, 0.25) is 5.82 Å². The smallest absolute Gasteiger partial charge is 0.258 e. The van der Waals surface area contributed by atoms with Crippen molar-refractivity contribution in [3.05, 3.63) is 51.1 Å². The van der Waals surface area contributed by atoms with Gasteiger partial charge in [-0.3, -0.25) is 4.79 Å². The lowest BCUT2D eigenvalue weighted by Gasteiger charge is -2.25. The molecule has 1 aliphatic carbocycles. The molecule has 3 aromatic rings. The summed E-state index contributed by atoms with van der Waals surface area (Å²) >= 11 is 0. The molecule has 1 aliphatic heterocycles. The van der Waals surface area contributed by atoms with Gasteiger partial charge < -0.3 is 9.88 Å². The minimum atomic E-state index is -0.122. The molecule has 2 aromatic heterocycles. The van der Waals surface area contributed by atoms with E-state index in [0.29, 0.717) is 6.04 Å². The molecular weight excluding hydrogens is 364 g/mol. The van der Waals surface area contributed by atoms with Gasteiger partial charge in [-0.05, 0) is 71.8 Å². The van der Waals surface area contributed by atoms with Crippen molar-refractivity contribution in [2.45, 2.75) is 64.5 Å². The van der Waals surface area contributed by atoms with Gasteiger partial charge in [0.15, 0.2) is 6.04 Å². The molecule has 0 spiro atoms. The van der Waals surface area contributed by atoms with E-state index < -0.39 is 0 Å². The van der Waals surface area contributed by atoms with Gasteiger partial charge in [0.1, 0.15) is 0 Å². The first-order valence-electron chi connectivity index (χ1n) is 10.9. The number of H-pyrrole nitrogens is 1. The van der Waals surface area contributed by atoms with Gasteiger partial charge in [-0.15, -0.1) is 5.10 Å². The average molecular weight is 394 g/mol. The lowest BCUT2D eigenvalue weighted by molar-refractivity contribution is -0.914. The first kappa shape index (κ1) is 18.5. The molecule has 0 unspecified atom stereocenters. The maximum atomic E-state index is 13.2. The molecule has 5 rings (SSSR count). The van der Waals surface area contributed by atoms with E-state index in [0.717, 1.165) is 48.2 Å². The van der Waals surface area contributed by atoms with Crippen LogP contribution in [0.4, 0.5) is 0 Å². The standard InChI is InChI=1S/C22H28N6O/c1-14-11-16-13-18(22(29)23-19(16)12-15(14)2)20(27-9-5-6-10-27)21-24-25-26-28(21)17-7-3-4-8-17/h11-13,17,20H,3-10H2,1-2H3,(H,23,29)/p+1/t20-/m0/s1. The fraction of sp³-hybridized carbons (Fsp3) is 0.545. The van der Waals surface area contributed by atoms with E-state index in [2.05, 4.69) is 52.6 Å². The Morgan fingerprint density at radius 1 is 1.07 bits per heavy atom. The summed E-state index contributed by atoms with van der Waals surface area (Å²) in [4.78, 5) is 17.7. The molecule has 0 bridgehead atoms. The summed E-state index contributed by atoms with van der Waals surface area (Å²) in [7, 11) is 0. The number of fused-ring (bicyclic) bond motifs is 1. The summed E-state index contributed by atoms with van der Waals surface area (Å²) in [6, 6.07) is 6.54. The second-order valence-corrected chi connectivity index (χ2v) is 8.80. The lowest BCUT2D eigenvalue weighted by Crippen LogP contribution is -3.10. The highest BCUT2D eigenvalue weighted by atomic mass is 16.1. The largest absolute Gasteiger partial charge is 0.322 e. The Balaban J connectivity index is 1.66. The molecule has 1 aromatic carbocycles. The first-order chi connectivity index (χ1) is 14.1. The molecule has 0 amide bonds. The van der Waals surface area contributed by atoms with Crippen molar-refractivity contribution in [2.75, 3.05) is 13.1 Å². The number of tetrazole rings is 1. The Hall–Kier alpha value is -2.54. The molecule has 7 nitrogen and oxygen atoms in total. The second kappa shape index (κ2) is 7.37.